The van der Waals surface area contributed by atoms with E-state index in [4.69, 9.17) is 5.73 Å². The van der Waals surface area contributed by atoms with Gasteiger partial charge in [0.1, 0.15) is 0 Å². The van der Waals surface area contributed by atoms with Crippen molar-refractivity contribution >= 4 is 49.4 Å². The first-order chi connectivity index (χ1) is 10.4. The van der Waals surface area contributed by atoms with Crippen LogP contribution >= 0.6 is 31.9 Å². The molecule has 114 valence electrons. The molecule has 0 aliphatic carbocycles. The van der Waals surface area contributed by atoms with E-state index in [2.05, 4.69) is 37.2 Å². The first-order valence-electron chi connectivity index (χ1n) is 6.52. The lowest BCUT2D eigenvalue weighted by Gasteiger charge is -2.16. The summed E-state index contributed by atoms with van der Waals surface area (Å²) in [6.45, 7) is 1.45. The molecule has 6 heteroatoms. The van der Waals surface area contributed by atoms with Crippen LogP contribution in [0.2, 0.25) is 0 Å². The number of rotatable bonds is 4. The van der Waals surface area contributed by atoms with Crippen molar-refractivity contribution in [2.45, 2.75) is 13.3 Å². The summed E-state index contributed by atoms with van der Waals surface area (Å²) >= 11 is 6.91. The second-order valence-electron chi connectivity index (χ2n) is 4.75. The Labute approximate surface area is 145 Å². The Hall–Kier alpha value is -1.66. The number of nitrogens with two attached hydrogens (primary N) is 1. The zero-order valence-electron chi connectivity index (χ0n) is 11.8. The van der Waals surface area contributed by atoms with E-state index in [-0.39, 0.29) is 12.3 Å². The van der Waals surface area contributed by atoms with Crippen molar-refractivity contribution < 1.29 is 9.59 Å². The van der Waals surface area contributed by atoms with Crippen molar-refractivity contribution in [1.82, 2.24) is 0 Å². The fourth-order valence-electron chi connectivity index (χ4n) is 2.22. The molecule has 2 rings (SSSR count). The van der Waals surface area contributed by atoms with E-state index >= 15 is 0 Å². The summed E-state index contributed by atoms with van der Waals surface area (Å²) in [6, 6.07) is 11.2. The number of nitrogens with one attached hydrogen (secondary N) is 1. The van der Waals surface area contributed by atoms with Gasteiger partial charge in [-0.3, -0.25) is 9.59 Å². The number of anilines is 1. The number of hydrogen-bond acceptors (Lipinski definition) is 2. The van der Waals surface area contributed by atoms with Crippen LogP contribution in [0, 0.1) is 0 Å². The van der Waals surface area contributed by atoms with Gasteiger partial charge in [-0.2, -0.15) is 0 Å². The Morgan fingerprint density at radius 1 is 1.05 bits per heavy atom. The molecule has 0 aliphatic rings. The molecule has 0 heterocycles. The van der Waals surface area contributed by atoms with E-state index in [0.29, 0.717) is 5.69 Å². The number of amides is 2. The van der Waals surface area contributed by atoms with Gasteiger partial charge < -0.3 is 11.1 Å². The van der Waals surface area contributed by atoms with E-state index in [0.717, 1.165) is 25.6 Å². The predicted octanol–water partition coefficient (Wildman–Crippen LogP) is 3.86. The molecule has 0 spiro atoms. The Kier molecular flexibility index (Phi) is 5.37. The van der Waals surface area contributed by atoms with Gasteiger partial charge in [-0.25, -0.2) is 0 Å². The van der Waals surface area contributed by atoms with Crippen LogP contribution in [-0.2, 0) is 16.0 Å². The number of para-hydroxylation sites is 1. The second-order valence-corrected chi connectivity index (χ2v) is 6.46. The average molecular weight is 426 g/mol. The number of carbonyl (C=O) groups is 2. The molecule has 0 fully saturated rings. The summed E-state index contributed by atoms with van der Waals surface area (Å²) in [5.41, 5.74) is 8.47. The van der Waals surface area contributed by atoms with E-state index in [9.17, 15) is 9.59 Å². The average Bonchev–Trinajstić information content (AvgIpc) is 2.43. The summed E-state index contributed by atoms with van der Waals surface area (Å²) in [6.07, 6.45) is 0.114. The van der Waals surface area contributed by atoms with E-state index in [1.165, 1.54) is 6.92 Å². The van der Waals surface area contributed by atoms with Gasteiger partial charge in [-0.1, -0.05) is 40.2 Å². The first kappa shape index (κ1) is 16.7. The molecule has 22 heavy (non-hydrogen) atoms. The summed E-state index contributed by atoms with van der Waals surface area (Å²) < 4.78 is 1.57. The smallest absolute Gasteiger partial charge is 0.221 e. The molecule has 0 bridgehead atoms. The highest BCUT2D eigenvalue weighted by molar-refractivity contribution is 9.11. The third kappa shape index (κ3) is 3.75. The van der Waals surface area contributed by atoms with Crippen LogP contribution in [0.1, 0.15) is 12.5 Å². The van der Waals surface area contributed by atoms with Gasteiger partial charge in [0, 0.05) is 21.4 Å². The molecular weight excluding hydrogens is 412 g/mol. The Balaban J connectivity index is 2.66. The third-order valence-electron chi connectivity index (χ3n) is 3.07. The van der Waals surface area contributed by atoms with Crippen LogP contribution in [0.25, 0.3) is 11.1 Å². The maximum Gasteiger partial charge on any atom is 0.221 e. The lowest BCUT2D eigenvalue weighted by Crippen LogP contribution is -2.15. The van der Waals surface area contributed by atoms with Crippen molar-refractivity contribution in [3.63, 3.8) is 0 Å². The summed E-state index contributed by atoms with van der Waals surface area (Å²) in [5, 5.41) is 2.82. The monoisotopic (exact) mass is 424 g/mol. The lowest BCUT2D eigenvalue weighted by molar-refractivity contribution is -0.117. The van der Waals surface area contributed by atoms with Gasteiger partial charge in [0.25, 0.3) is 0 Å². The summed E-state index contributed by atoms with van der Waals surface area (Å²) in [7, 11) is 0. The molecule has 0 aliphatic heterocycles. The largest absolute Gasteiger partial charge is 0.369 e. The number of primary amides is 1. The molecule has 2 aromatic carbocycles. The molecule has 0 aromatic heterocycles. The highest BCUT2D eigenvalue weighted by Crippen LogP contribution is 2.38. The summed E-state index contributed by atoms with van der Waals surface area (Å²) in [5.74, 6) is -0.580. The van der Waals surface area contributed by atoms with E-state index in [1.807, 2.05) is 36.4 Å². The Morgan fingerprint density at radius 3 is 2.23 bits per heavy atom. The second kappa shape index (κ2) is 7.07. The lowest BCUT2D eigenvalue weighted by atomic mass is 9.96. The highest BCUT2D eigenvalue weighted by Gasteiger charge is 2.16. The third-order valence-corrected chi connectivity index (χ3v) is 4.48. The topological polar surface area (TPSA) is 72.2 Å². The fourth-order valence-corrected chi connectivity index (χ4v) is 3.19. The van der Waals surface area contributed by atoms with Crippen LogP contribution in [-0.4, -0.2) is 11.8 Å². The Bertz CT molecular complexity index is 681. The Morgan fingerprint density at radius 2 is 1.64 bits per heavy atom. The molecule has 4 nitrogen and oxygen atoms in total. The zero-order valence-corrected chi connectivity index (χ0v) is 15.0. The van der Waals surface area contributed by atoms with Gasteiger partial charge in [0.05, 0.1) is 12.1 Å². The number of hydrogen-bond donors (Lipinski definition) is 2. The van der Waals surface area contributed by atoms with Crippen LogP contribution < -0.4 is 11.1 Å². The molecule has 0 radical (unpaired) electrons. The standard InChI is InChI=1S/C16H14Br2N2O2/c1-9(21)20-16-11(5-3-7-14(16)18)10-4-2-6-13(17)12(10)8-15(19)22/h2-7H,8H2,1H3,(H2,19,22)(H,20,21). The minimum absolute atomic E-state index is 0.114. The normalized spacial score (nSPS) is 10.3. The molecule has 0 saturated carbocycles. The van der Waals surface area contributed by atoms with Gasteiger partial charge in [-0.15, -0.1) is 0 Å². The van der Waals surface area contributed by atoms with Crippen molar-refractivity contribution in [2.75, 3.05) is 5.32 Å². The van der Waals surface area contributed by atoms with Crippen molar-refractivity contribution in [1.29, 1.82) is 0 Å². The first-order valence-corrected chi connectivity index (χ1v) is 8.11. The molecule has 3 N–H and O–H groups in total. The fraction of sp³-hybridized carbons (Fsp3) is 0.125. The van der Waals surface area contributed by atoms with Crippen molar-refractivity contribution in [3.8, 4) is 11.1 Å². The molecular formula is C16H14Br2N2O2. The molecule has 0 saturated heterocycles. The highest BCUT2D eigenvalue weighted by atomic mass is 79.9. The van der Waals surface area contributed by atoms with E-state index in [1.54, 1.807) is 0 Å². The van der Waals surface area contributed by atoms with Gasteiger partial charge >= 0.3 is 0 Å². The SMILES string of the molecule is CC(=O)Nc1c(Br)cccc1-c1cccc(Br)c1CC(N)=O. The molecule has 2 amide bonds. The summed E-state index contributed by atoms with van der Waals surface area (Å²) in [4.78, 5) is 22.8. The van der Waals surface area contributed by atoms with Crippen LogP contribution in [0.3, 0.4) is 0 Å². The number of benzene rings is 2. The van der Waals surface area contributed by atoms with Gasteiger partial charge in [-0.05, 0) is 39.2 Å². The maximum atomic E-state index is 11.5. The zero-order chi connectivity index (χ0) is 16.3. The quantitative estimate of drug-likeness (QED) is 0.780. The van der Waals surface area contributed by atoms with E-state index < -0.39 is 5.91 Å². The minimum Gasteiger partial charge on any atom is -0.369 e. The van der Waals surface area contributed by atoms with Crippen LogP contribution in [0.4, 0.5) is 5.69 Å². The van der Waals surface area contributed by atoms with Gasteiger partial charge in [0.2, 0.25) is 11.8 Å². The van der Waals surface area contributed by atoms with Crippen molar-refractivity contribution in [2.24, 2.45) is 5.73 Å². The van der Waals surface area contributed by atoms with Crippen LogP contribution in [0.15, 0.2) is 45.3 Å². The molecule has 2 aromatic rings. The predicted molar refractivity (Wildman–Crippen MR) is 94.5 cm³/mol. The minimum atomic E-state index is -0.413. The van der Waals surface area contributed by atoms with Crippen molar-refractivity contribution in [3.05, 3.63) is 50.9 Å². The van der Waals surface area contributed by atoms with Gasteiger partial charge in [0.15, 0.2) is 0 Å². The molecule has 0 atom stereocenters. The van der Waals surface area contributed by atoms with Crippen LogP contribution in [0.5, 0.6) is 0 Å². The maximum absolute atomic E-state index is 11.5. The number of carbonyl (C=O) groups excluding carboxylic acids is 2. The number of halogens is 2. The molecule has 0 unspecified atom stereocenters.